The fraction of sp³-hybridized carbons (Fsp3) is 1.00. The van der Waals surface area contributed by atoms with Crippen molar-refractivity contribution in [1.29, 1.82) is 0 Å². The molecule has 0 spiro atoms. The van der Waals surface area contributed by atoms with Crippen LogP contribution in [0, 0.1) is 23.7 Å². The van der Waals surface area contributed by atoms with Gasteiger partial charge in [-0.15, -0.1) is 0 Å². The smallest absolute Gasteiger partial charge is 0.0396 e. The van der Waals surface area contributed by atoms with Gasteiger partial charge in [0, 0.05) is 48.4 Å². The van der Waals surface area contributed by atoms with Crippen molar-refractivity contribution < 1.29 is 0 Å². The van der Waals surface area contributed by atoms with Gasteiger partial charge in [-0.25, -0.2) is 18.9 Å². The Morgan fingerprint density at radius 3 is 1.11 bits per heavy atom. The highest BCUT2D eigenvalue weighted by atomic mass is 32.2. The zero-order valence-electron chi connectivity index (χ0n) is 11.4. The maximum Gasteiger partial charge on any atom is 0.0396 e. The van der Waals surface area contributed by atoms with Gasteiger partial charge >= 0.3 is 0 Å². The van der Waals surface area contributed by atoms with Crippen molar-refractivity contribution in [3.05, 3.63) is 0 Å². The summed E-state index contributed by atoms with van der Waals surface area (Å²) in [5, 5.41) is 0. The molecule has 6 heteroatoms. The zero-order chi connectivity index (χ0) is 12.9. The SMILES string of the molecule is CC(C)C1C2NSNC2C(C(C)C)C2NSNC21. The van der Waals surface area contributed by atoms with E-state index in [1.807, 2.05) is 0 Å². The van der Waals surface area contributed by atoms with Crippen LogP contribution >= 0.6 is 24.3 Å². The zero-order valence-corrected chi connectivity index (χ0v) is 13.1. The summed E-state index contributed by atoms with van der Waals surface area (Å²) in [7, 11) is 0. The van der Waals surface area contributed by atoms with Crippen LogP contribution in [0.2, 0.25) is 0 Å². The molecule has 3 rings (SSSR count). The van der Waals surface area contributed by atoms with Crippen LogP contribution in [0.1, 0.15) is 27.7 Å². The van der Waals surface area contributed by atoms with Crippen molar-refractivity contribution in [3.63, 3.8) is 0 Å². The molecular weight excluding hydrogens is 264 g/mol. The molecule has 2 aliphatic heterocycles. The fourth-order valence-electron chi connectivity index (χ4n) is 4.01. The normalized spacial score (nSPS) is 47.7. The van der Waals surface area contributed by atoms with E-state index in [0.717, 1.165) is 0 Å². The van der Waals surface area contributed by atoms with E-state index in [2.05, 4.69) is 46.6 Å². The first-order valence-electron chi connectivity index (χ1n) is 6.95. The van der Waals surface area contributed by atoms with Crippen molar-refractivity contribution >= 4 is 24.3 Å². The first-order valence-corrected chi connectivity index (χ1v) is 8.58. The second kappa shape index (κ2) is 5.14. The van der Waals surface area contributed by atoms with Gasteiger partial charge in [0.2, 0.25) is 0 Å². The minimum absolute atomic E-state index is 0.580. The van der Waals surface area contributed by atoms with Crippen LogP contribution in [0.5, 0.6) is 0 Å². The lowest BCUT2D eigenvalue weighted by molar-refractivity contribution is 0.0796. The van der Waals surface area contributed by atoms with Crippen molar-refractivity contribution in [2.24, 2.45) is 23.7 Å². The fourth-order valence-corrected chi connectivity index (χ4v) is 5.91. The molecule has 4 atom stereocenters. The van der Waals surface area contributed by atoms with E-state index >= 15 is 0 Å². The van der Waals surface area contributed by atoms with Gasteiger partial charge in [-0.3, -0.25) is 0 Å². The summed E-state index contributed by atoms with van der Waals surface area (Å²) < 4.78 is 14.5. The van der Waals surface area contributed by atoms with Crippen LogP contribution in [0.15, 0.2) is 0 Å². The lowest BCUT2D eigenvalue weighted by atomic mass is 9.63. The number of rotatable bonds is 2. The lowest BCUT2D eigenvalue weighted by Gasteiger charge is -2.48. The number of nitrogens with one attached hydrogen (secondary N) is 4. The van der Waals surface area contributed by atoms with Gasteiger partial charge in [0.1, 0.15) is 0 Å². The van der Waals surface area contributed by atoms with Gasteiger partial charge in [0.15, 0.2) is 0 Å². The average Bonchev–Trinajstić information content (AvgIpc) is 2.91. The number of hydrogen-bond donors (Lipinski definition) is 4. The highest BCUT2D eigenvalue weighted by molar-refractivity contribution is 7.96. The molecule has 4 unspecified atom stereocenters. The first-order chi connectivity index (χ1) is 8.61. The van der Waals surface area contributed by atoms with E-state index in [4.69, 9.17) is 0 Å². The maximum absolute atomic E-state index is 3.62. The number of hydrogen-bond acceptors (Lipinski definition) is 6. The largest absolute Gasteiger partial charge is 0.246 e. The monoisotopic (exact) mass is 288 g/mol. The summed E-state index contributed by atoms with van der Waals surface area (Å²) in [6.07, 6.45) is 0. The summed E-state index contributed by atoms with van der Waals surface area (Å²) in [6, 6.07) is 2.32. The summed E-state index contributed by atoms with van der Waals surface area (Å²) in [4.78, 5) is 0. The molecule has 3 aliphatic rings. The predicted molar refractivity (Wildman–Crippen MR) is 79.5 cm³/mol. The van der Waals surface area contributed by atoms with Crippen LogP contribution in [-0.2, 0) is 0 Å². The Balaban J connectivity index is 1.93. The Labute approximate surface area is 119 Å². The molecule has 0 radical (unpaired) electrons. The van der Waals surface area contributed by atoms with Crippen molar-refractivity contribution in [3.8, 4) is 0 Å². The molecule has 2 heterocycles. The molecule has 2 saturated heterocycles. The summed E-state index contributed by atoms with van der Waals surface area (Å²) >= 11 is 3.40. The van der Waals surface area contributed by atoms with E-state index in [1.165, 1.54) is 0 Å². The van der Waals surface area contributed by atoms with Crippen LogP contribution in [0.4, 0.5) is 0 Å². The summed E-state index contributed by atoms with van der Waals surface area (Å²) in [6.45, 7) is 9.40. The molecule has 4 nitrogen and oxygen atoms in total. The topological polar surface area (TPSA) is 48.1 Å². The molecule has 4 N–H and O–H groups in total. The molecular formula is C12H24N4S2. The van der Waals surface area contributed by atoms with Crippen molar-refractivity contribution in [1.82, 2.24) is 18.9 Å². The second-order valence-electron chi connectivity index (χ2n) is 6.42. The highest BCUT2D eigenvalue weighted by Gasteiger charge is 2.55. The van der Waals surface area contributed by atoms with Gasteiger partial charge in [-0.1, -0.05) is 27.7 Å². The molecule has 0 aromatic heterocycles. The van der Waals surface area contributed by atoms with Crippen molar-refractivity contribution in [2.45, 2.75) is 51.9 Å². The van der Waals surface area contributed by atoms with E-state index in [0.29, 0.717) is 47.8 Å². The van der Waals surface area contributed by atoms with Gasteiger partial charge < -0.3 is 0 Å². The van der Waals surface area contributed by atoms with E-state index in [9.17, 15) is 0 Å². The first kappa shape index (κ1) is 13.5. The number of fused-ring (bicyclic) bond motifs is 2. The lowest BCUT2D eigenvalue weighted by Crippen LogP contribution is -2.65. The predicted octanol–water partition coefficient (Wildman–Crippen LogP) is 1.53. The molecule has 1 saturated carbocycles. The minimum atomic E-state index is 0.580. The second-order valence-corrected chi connectivity index (χ2v) is 7.77. The highest BCUT2D eigenvalue weighted by Crippen LogP contribution is 2.43. The van der Waals surface area contributed by atoms with Gasteiger partial charge in [0.05, 0.1) is 0 Å². The third-order valence-corrected chi connectivity index (χ3v) is 6.31. The molecule has 0 aromatic carbocycles. The van der Waals surface area contributed by atoms with E-state index < -0.39 is 0 Å². The molecule has 0 amide bonds. The van der Waals surface area contributed by atoms with Crippen LogP contribution in [-0.4, -0.2) is 24.2 Å². The molecule has 0 aromatic rings. The molecule has 104 valence electrons. The van der Waals surface area contributed by atoms with E-state index in [-0.39, 0.29) is 0 Å². The molecule has 1 aliphatic carbocycles. The third-order valence-electron chi connectivity index (χ3n) is 4.75. The van der Waals surface area contributed by atoms with Gasteiger partial charge in [-0.05, 0) is 23.7 Å². The van der Waals surface area contributed by atoms with Crippen LogP contribution in [0.25, 0.3) is 0 Å². The van der Waals surface area contributed by atoms with Gasteiger partial charge in [-0.2, -0.15) is 0 Å². The van der Waals surface area contributed by atoms with Crippen molar-refractivity contribution in [2.75, 3.05) is 0 Å². The summed E-state index contributed by atoms with van der Waals surface area (Å²) in [5.74, 6) is 2.75. The maximum atomic E-state index is 3.62. The van der Waals surface area contributed by atoms with Gasteiger partial charge in [0.25, 0.3) is 0 Å². The average molecular weight is 288 g/mol. The summed E-state index contributed by atoms with van der Waals surface area (Å²) in [5.41, 5.74) is 0. The molecule has 0 bridgehead atoms. The Kier molecular flexibility index (Phi) is 3.86. The Hall–Kier alpha value is 0.540. The Bertz CT molecular complexity index is 262. The van der Waals surface area contributed by atoms with E-state index in [1.54, 1.807) is 24.3 Å². The quantitative estimate of drug-likeness (QED) is 0.578. The Morgan fingerprint density at radius 1 is 0.611 bits per heavy atom. The minimum Gasteiger partial charge on any atom is -0.246 e. The van der Waals surface area contributed by atoms with Crippen LogP contribution < -0.4 is 18.9 Å². The molecule has 18 heavy (non-hydrogen) atoms. The third kappa shape index (κ3) is 2.01. The Morgan fingerprint density at radius 2 is 0.889 bits per heavy atom. The van der Waals surface area contributed by atoms with Crippen LogP contribution in [0.3, 0.4) is 0 Å². The molecule has 3 fully saturated rings. The standard InChI is InChI=1S/C12H24N4S2/c1-5(2)7-9-11(15-17-13-9)8(6(3)4)12-10(7)14-18-16-12/h5-16H,1-4H3.